The highest BCUT2D eigenvalue weighted by atomic mass is 16.6. The number of ketones is 1. The zero-order valence-electron chi connectivity index (χ0n) is 9.37. The van der Waals surface area contributed by atoms with Gasteiger partial charge in [-0.15, -0.1) is 0 Å². The van der Waals surface area contributed by atoms with E-state index in [9.17, 15) is 9.59 Å². The average molecular weight is 211 g/mol. The summed E-state index contributed by atoms with van der Waals surface area (Å²) in [6.07, 6.45) is 0.894. The molecule has 2 saturated carbocycles. The normalized spacial score (nSPS) is 33.5. The third-order valence-corrected chi connectivity index (χ3v) is 2.94. The molecule has 0 spiro atoms. The van der Waals surface area contributed by atoms with Crippen LogP contribution in [0.25, 0.3) is 0 Å². The first-order valence-corrected chi connectivity index (χ1v) is 5.38. The summed E-state index contributed by atoms with van der Waals surface area (Å²) in [7, 11) is 0. The summed E-state index contributed by atoms with van der Waals surface area (Å²) >= 11 is 0. The molecule has 3 atom stereocenters. The molecule has 2 aliphatic carbocycles. The highest BCUT2D eigenvalue weighted by Gasteiger charge is 2.56. The van der Waals surface area contributed by atoms with E-state index in [-0.39, 0.29) is 12.1 Å². The van der Waals surface area contributed by atoms with Crippen molar-refractivity contribution in [2.45, 2.75) is 45.3 Å². The van der Waals surface area contributed by atoms with Gasteiger partial charge in [-0.05, 0) is 32.6 Å². The lowest BCUT2D eigenvalue weighted by Crippen LogP contribution is -2.35. The molecule has 0 heterocycles. The number of rotatable bonds is 1. The van der Waals surface area contributed by atoms with Crippen molar-refractivity contribution in [3.05, 3.63) is 0 Å². The Labute approximate surface area is 89.4 Å². The standard InChI is InChI=1S/C11H17NO3/c1-11(2,3)15-10(14)12-9-7-4-6(13)5-8(7)9/h7-9H,4-5H2,1-3H3,(H,12,14)/t7-,8+,9?. The largest absolute Gasteiger partial charge is 0.444 e. The minimum Gasteiger partial charge on any atom is -0.444 e. The van der Waals surface area contributed by atoms with E-state index in [0.29, 0.717) is 30.5 Å². The van der Waals surface area contributed by atoms with Crippen LogP contribution in [0.15, 0.2) is 0 Å². The first kappa shape index (κ1) is 10.5. The van der Waals surface area contributed by atoms with E-state index in [4.69, 9.17) is 4.74 Å². The van der Waals surface area contributed by atoms with Gasteiger partial charge in [0.25, 0.3) is 0 Å². The Kier molecular flexibility index (Phi) is 2.24. The summed E-state index contributed by atoms with van der Waals surface area (Å²) in [5.74, 6) is 1.09. The summed E-state index contributed by atoms with van der Waals surface area (Å²) in [4.78, 5) is 22.4. The molecule has 0 aromatic rings. The zero-order chi connectivity index (χ0) is 11.2. The summed E-state index contributed by atoms with van der Waals surface area (Å²) in [5, 5.41) is 2.82. The summed E-state index contributed by atoms with van der Waals surface area (Å²) in [6, 6.07) is 0.178. The number of carbonyl (C=O) groups is 2. The second-order valence-electron chi connectivity index (χ2n) is 5.45. The van der Waals surface area contributed by atoms with Gasteiger partial charge in [0.1, 0.15) is 11.4 Å². The summed E-state index contributed by atoms with van der Waals surface area (Å²) in [5.41, 5.74) is -0.454. The van der Waals surface area contributed by atoms with Gasteiger partial charge in [-0.25, -0.2) is 4.79 Å². The smallest absolute Gasteiger partial charge is 0.407 e. The lowest BCUT2D eigenvalue weighted by molar-refractivity contribution is -0.118. The molecule has 84 valence electrons. The molecule has 4 heteroatoms. The Morgan fingerprint density at radius 2 is 1.87 bits per heavy atom. The second kappa shape index (κ2) is 3.22. The molecule has 0 aromatic carbocycles. The maximum absolute atomic E-state index is 11.4. The molecule has 0 radical (unpaired) electrons. The minimum atomic E-state index is -0.454. The van der Waals surface area contributed by atoms with E-state index in [1.54, 1.807) is 0 Å². The predicted octanol–water partition coefficient (Wildman–Crippen LogP) is 1.49. The van der Waals surface area contributed by atoms with E-state index in [1.807, 2.05) is 20.8 Å². The van der Waals surface area contributed by atoms with Crippen LogP contribution in [0.3, 0.4) is 0 Å². The number of hydrogen-bond acceptors (Lipinski definition) is 3. The second-order valence-corrected chi connectivity index (χ2v) is 5.45. The van der Waals surface area contributed by atoms with Crippen LogP contribution in [0.2, 0.25) is 0 Å². The van der Waals surface area contributed by atoms with Crippen molar-refractivity contribution in [1.29, 1.82) is 0 Å². The van der Waals surface area contributed by atoms with Crippen molar-refractivity contribution in [3.63, 3.8) is 0 Å². The SMILES string of the molecule is CC(C)(C)OC(=O)NC1[C@H]2CC(=O)C[C@@H]12. The number of alkyl carbamates (subject to hydrolysis) is 1. The molecule has 0 aromatic heterocycles. The first-order chi connectivity index (χ1) is 6.87. The fraction of sp³-hybridized carbons (Fsp3) is 0.818. The highest BCUT2D eigenvalue weighted by molar-refractivity contribution is 5.84. The van der Waals surface area contributed by atoms with Crippen LogP contribution in [0.5, 0.6) is 0 Å². The Balaban J connectivity index is 1.76. The van der Waals surface area contributed by atoms with Gasteiger partial charge >= 0.3 is 6.09 Å². The third kappa shape index (κ3) is 2.30. The van der Waals surface area contributed by atoms with Gasteiger partial charge in [0, 0.05) is 18.9 Å². The Hall–Kier alpha value is -1.06. The lowest BCUT2D eigenvalue weighted by Gasteiger charge is -2.20. The first-order valence-electron chi connectivity index (χ1n) is 5.38. The molecule has 1 N–H and O–H groups in total. The maximum Gasteiger partial charge on any atom is 0.407 e. The number of nitrogens with one attached hydrogen (secondary N) is 1. The van der Waals surface area contributed by atoms with Crippen LogP contribution in [0.1, 0.15) is 33.6 Å². The van der Waals surface area contributed by atoms with Crippen LogP contribution in [-0.2, 0) is 9.53 Å². The van der Waals surface area contributed by atoms with Gasteiger partial charge in [0.05, 0.1) is 0 Å². The molecule has 2 fully saturated rings. The monoisotopic (exact) mass is 211 g/mol. The quantitative estimate of drug-likeness (QED) is 0.715. The van der Waals surface area contributed by atoms with Crippen molar-refractivity contribution >= 4 is 11.9 Å². The van der Waals surface area contributed by atoms with Crippen molar-refractivity contribution in [2.24, 2.45) is 11.8 Å². The van der Waals surface area contributed by atoms with Gasteiger partial charge in [-0.2, -0.15) is 0 Å². The van der Waals surface area contributed by atoms with E-state index in [0.717, 1.165) is 0 Å². The van der Waals surface area contributed by atoms with E-state index >= 15 is 0 Å². The molecular weight excluding hydrogens is 194 g/mol. The number of carbonyl (C=O) groups excluding carboxylic acids is 2. The van der Waals surface area contributed by atoms with Crippen LogP contribution in [0.4, 0.5) is 4.79 Å². The number of fused-ring (bicyclic) bond motifs is 1. The molecule has 1 unspecified atom stereocenters. The zero-order valence-corrected chi connectivity index (χ0v) is 9.37. The van der Waals surface area contributed by atoms with Gasteiger partial charge in [0.2, 0.25) is 0 Å². The summed E-state index contributed by atoms with van der Waals surface area (Å²) in [6.45, 7) is 5.51. The van der Waals surface area contributed by atoms with Gasteiger partial charge in [-0.3, -0.25) is 4.79 Å². The fourth-order valence-electron chi connectivity index (χ4n) is 2.27. The van der Waals surface area contributed by atoms with Crippen molar-refractivity contribution < 1.29 is 14.3 Å². The fourth-order valence-corrected chi connectivity index (χ4v) is 2.27. The minimum absolute atomic E-state index is 0.178. The van der Waals surface area contributed by atoms with E-state index < -0.39 is 5.60 Å². The molecule has 0 saturated heterocycles. The van der Waals surface area contributed by atoms with Gasteiger partial charge in [-0.1, -0.05) is 0 Å². The van der Waals surface area contributed by atoms with Gasteiger partial charge < -0.3 is 10.1 Å². The molecule has 2 rings (SSSR count). The average Bonchev–Trinajstić information content (AvgIpc) is 2.54. The molecule has 0 aliphatic heterocycles. The number of ether oxygens (including phenoxy) is 1. The molecule has 2 aliphatic rings. The van der Waals surface area contributed by atoms with Gasteiger partial charge in [0.15, 0.2) is 0 Å². The number of hydrogen-bond donors (Lipinski definition) is 1. The van der Waals surface area contributed by atoms with E-state index in [2.05, 4.69) is 5.32 Å². The Morgan fingerprint density at radius 1 is 1.33 bits per heavy atom. The molecule has 0 bridgehead atoms. The number of amides is 1. The van der Waals surface area contributed by atoms with Crippen molar-refractivity contribution in [1.82, 2.24) is 5.32 Å². The molecule has 15 heavy (non-hydrogen) atoms. The Morgan fingerprint density at radius 3 is 2.33 bits per heavy atom. The maximum atomic E-state index is 11.4. The molecule has 1 amide bonds. The lowest BCUT2D eigenvalue weighted by atomic mass is 10.2. The van der Waals surface area contributed by atoms with Crippen molar-refractivity contribution in [3.8, 4) is 0 Å². The van der Waals surface area contributed by atoms with Crippen LogP contribution in [-0.4, -0.2) is 23.5 Å². The predicted molar refractivity (Wildman–Crippen MR) is 54.4 cm³/mol. The topological polar surface area (TPSA) is 55.4 Å². The van der Waals surface area contributed by atoms with Crippen LogP contribution in [0, 0.1) is 11.8 Å². The third-order valence-electron chi connectivity index (χ3n) is 2.94. The number of Topliss-reactive ketones (excluding diaryl/α,β-unsaturated/α-hetero) is 1. The molecular formula is C11H17NO3. The molecule has 4 nitrogen and oxygen atoms in total. The highest BCUT2D eigenvalue weighted by Crippen LogP contribution is 2.50. The van der Waals surface area contributed by atoms with Crippen LogP contribution >= 0.6 is 0 Å². The van der Waals surface area contributed by atoms with Crippen LogP contribution < -0.4 is 5.32 Å². The Bertz CT molecular complexity index is 291. The summed E-state index contributed by atoms with van der Waals surface area (Å²) < 4.78 is 5.15. The van der Waals surface area contributed by atoms with Crippen molar-refractivity contribution in [2.75, 3.05) is 0 Å². The van der Waals surface area contributed by atoms with E-state index in [1.165, 1.54) is 0 Å².